The normalized spacial score (nSPS) is 13.2. The highest BCUT2D eigenvalue weighted by Gasteiger charge is 2.04. The number of ether oxygens (including phenoxy) is 2. The summed E-state index contributed by atoms with van der Waals surface area (Å²) < 4.78 is 10.4. The Balaban J connectivity index is 3.28. The molecule has 18 heavy (non-hydrogen) atoms. The fourth-order valence-electron chi connectivity index (χ4n) is 1.59. The second-order valence-corrected chi connectivity index (χ2v) is 4.16. The average molecular weight is 262 g/mol. The number of likely N-dealkylation sites (N-methyl/N-ethyl adjacent to an activating group) is 1. The first kappa shape index (κ1) is 17.8. The molecule has 5 heteroatoms. The van der Waals surface area contributed by atoms with Crippen molar-refractivity contribution in [1.29, 1.82) is 0 Å². The SMILES string of the molecule is CCOCCOCC(O)CNCCN(CC)CC. The summed E-state index contributed by atoms with van der Waals surface area (Å²) in [5.41, 5.74) is 0. The minimum absolute atomic E-state index is 0.366. The lowest BCUT2D eigenvalue weighted by atomic mass is 10.3. The van der Waals surface area contributed by atoms with E-state index < -0.39 is 6.10 Å². The molecule has 2 N–H and O–H groups in total. The van der Waals surface area contributed by atoms with Crippen LogP contribution < -0.4 is 5.32 Å². The fourth-order valence-corrected chi connectivity index (χ4v) is 1.59. The molecule has 0 radical (unpaired) electrons. The molecular weight excluding hydrogens is 232 g/mol. The third kappa shape index (κ3) is 10.9. The van der Waals surface area contributed by atoms with Crippen LogP contribution in [0.1, 0.15) is 20.8 Å². The van der Waals surface area contributed by atoms with Gasteiger partial charge in [0.05, 0.1) is 25.9 Å². The Hall–Kier alpha value is -0.200. The Morgan fingerprint density at radius 3 is 2.39 bits per heavy atom. The highest BCUT2D eigenvalue weighted by atomic mass is 16.5. The minimum atomic E-state index is -0.441. The van der Waals surface area contributed by atoms with Crippen LogP contribution in [0.4, 0.5) is 0 Å². The van der Waals surface area contributed by atoms with E-state index in [9.17, 15) is 5.11 Å². The first-order chi connectivity index (χ1) is 8.74. The minimum Gasteiger partial charge on any atom is -0.389 e. The maximum atomic E-state index is 9.64. The van der Waals surface area contributed by atoms with Gasteiger partial charge in [-0.3, -0.25) is 0 Å². The predicted octanol–water partition coefficient (Wildman–Crippen LogP) is 0.332. The highest BCUT2D eigenvalue weighted by Crippen LogP contribution is 1.87. The molecule has 1 unspecified atom stereocenters. The zero-order chi connectivity index (χ0) is 13.6. The van der Waals surface area contributed by atoms with Crippen molar-refractivity contribution in [3.63, 3.8) is 0 Å². The molecule has 1 atom stereocenters. The molecule has 0 amide bonds. The molecule has 0 aromatic carbocycles. The first-order valence-electron chi connectivity index (χ1n) is 7.01. The molecule has 0 saturated carbocycles. The summed E-state index contributed by atoms with van der Waals surface area (Å²) in [4.78, 5) is 2.35. The zero-order valence-electron chi connectivity index (χ0n) is 12.2. The van der Waals surface area contributed by atoms with Crippen molar-refractivity contribution in [2.24, 2.45) is 0 Å². The van der Waals surface area contributed by atoms with Gasteiger partial charge in [0, 0.05) is 26.2 Å². The van der Waals surface area contributed by atoms with Gasteiger partial charge in [0.2, 0.25) is 0 Å². The lowest BCUT2D eigenvalue weighted by Gasteiger charge is -2.19. The van der Waals surface area contributed by atoms with Gasteiger partial charge >= 0.3 is 0 Å². The molecule has 110 valence electrons. The molecule has 0 aliphatic heterocycles. The van der Waals surface area contributed by atoms with Gasteiger partial charge in [-0.1, -0.05) is 13.8 Å². The lowest BCUT2D eigenvalue weighted by molar-refractivity contribution is 0.00644. The molecule has 0 rings (SSSR count). The van der Waals surface area contributed by atoms with E-state index in [1.165, 1.54) is 0 Å². The fraction of sp³-hybridized carbons (Fsp3) is 1.00. The Morgan fingerprint density at radius 2 is 1.78 bits per heavy atom. The number of hydrogen-bond donors (Lipinski definition) is 2. The molecule has 0 bridgehead atoms. The standard InChI is InChI=1S/C13H30N2O3/c1-4-15(5-2)8-7-14-11-13(16)12-18-10-9-17-6-3/h13-14,16H,4-12H2,1-3H3. The summed E-state index contributed by atoms with van der Waals surface area (Å²) in [6.45, 7) is 13.1. The topological polar surface area (TPSA) is 54.0 Å². The van der Waals surface area contributed by atoms with Crippen LogP contribution in [0.3, 0.4) is 0 Å². The highest BCUT2D eigenvalue weighted by molar-refractivity contribution is 4.61. The van der Waals surface area contributed by atoms with Gasteiger partial charge in [0.15, 0.2) is 0 Å². The molecular formula is C13H30N2O3. The van der Waals surface area contributed by atoms with E-state index in [1.54, 1.807) is 0 Å². The Bertz CT molecular complexity index is 166. The second kappa shape index (κ2) is 13.2. The number of aliphatic hydroxyl groups is 1. The Morgan fingerprint density at radius 1 is 1.11 bits per heavy atom. The summed E-state index contributed by atoms with van der Waals surface area (Å²) >= 11 is 0. The van der Waals surface area contributed by atoms with Crippen molar-refractivity contribution >= 4 is 0 Å². The van der Waals surface area contributed by atoms with E-state index in [2.05, 4.69) is 24.1 Å². The second-order valence-electron chi connectivity index (χ2n) is 4.16. The molecule has 0 spiro atoms. The van der Waals surface area contributed by atoms with Gasteiger partial charge in [-0.05, 0) is 20.0 Å². The predicted molar refractivity (Wildman–Crippen MR) is 74.0 cm³/mol. The molecule has 0 fully saturated rings. The Labute approximate surface area is 111 Å². The van der Waals surface area contributed by atoms with Gasteiger partial charge in [-0.2, -0.15) is 0 Å². The van der Waals surface area contributed by atoms with Crippen LogP contribution in [0, 0.1) is 0 Å². The van der Waals surface area contributed by atoms with Crippen LogP contribution in [0.25, 0.3) is 0 Å². The van der Waals surface area contributed by atoms with Crippen LogP contribution in [-0.4, -0.2) is 75.3 Å². The summed E-state index contributed by atoms with van der Waals surface area (Å²) in [5, 5.41) is 12.9. The van der Waals surface area contributed by atoms with E-state index >= 15 is 0 Å². The maximum Gasteiger partial charge on any atom is 0.0897 e. The third-order valence-corrected chi connectivity index (χ3v) is 2.77. The maximum absolute atomic E-state index is 9.64. The largest absolute Gasteiger partial charge is 0.389 e. The van der Waals surface area contributed by atoms with Crippen molar-refractivity contribution in [2.75, 3.05) is 59.2 Å². The van der Waals surface area contributed by atoms with Crippen molar-refractivity contribution < 1.29 is 14.6 Å². The number of aliphatic hydroxyl groups excluding tert-OH is 1. The summed E-state index contributed by atoms with van der Waals surface area (Å²) in [6.07, 6.45) is -0.441. The summed E-state index contributed by atoms with van der Waals surface area (Å²) in [6, 6.07) is 0. The molecule has 0 aromatic heterocycles. The molecule has 0 saturated heterocycles. The van der Waals surface area contributed by atoms with E-state index in [1.807, 2.05) is 6.92 Å². The molecule has 0 aliphatic carbocycles. The smallest absolute Gasteiger partial charge is 0.0897 e. The number of nitrogens with zero attached hydrogens (tertiary/aromatic N) is 1. The van der Waals surface area contributed by atoms with Crippen LogP contribution in [0.5, 0.6) is 0 Å². The van der Waals surface area contributed by atoms with Gasteiger partial charge in [0.1, 0.15) is 0 Å². The molecule has 0 aromatic rings. The summed E-state index contributed by atoms with van der Waals surface area (Å²) in [5.74, 6) is 0. The van der Waals surface area contributed by atoms with Gasteiger partial charge in [-0.15, -0.1) is 0 Å². The van der Waals surface area contributed by atoms with Crippen LogP contribution in [0.2, 0.25) is 0 Å². The quantitative estimate of drug-likeness (QED) is 0.469. The average Bonchev–Trinajstić information content (AvgIpc) is 2.39. The first-order valence-corrected chi connectivity index (χ1v) is 7.01. The molecule has 5 nitrogen and oxygen atoms in total. The van der Waals surface area contributed by atoms with E-state index in [0.29, 0.717) is 33.0 Å². The Kier molecular flexibility index (Phi) is 13.1. The van der Waals surface area contributed by atoms with E-state index in [4.69, 9.17) is 9.47 Å². The van der Waals surface area contributed by atoms with Crippen molar-refractivity contribution in [1.82, 2.24) is 10.2 Å². The van der Waals surface area contributed by atoms with Gasteiger partial charge < -0.3 is 24.8 Å². The van der Waals surface area contributed by atoms with Crippen LogP contribution in [-0.2, 0) is 9.47 Å². The summed E-state index contributed by atoms with van der Waals surface area (Å²) in [7, 11) is 0. The van der Waals surface area contributed by atoms with Crippen molar-refractivity contribution in [3.05, 3.63) is 0 Å². The molecule has 0 aliphatic rings. The molecule has 0 heterocycles. The number of nitrogens with one attached hydrogen (secondary N) is 1. The van der Waals surface area contributed by atoms with Crippen LogP contribution >= 0.6 is 0 Å². The lowest BCUT2D eigenvalue weighted by Crippen LogP contribution is -2.36. The van der Waals surface area contributed by atoms with Gasteiger partial charge in [-0.25, -0.2) is 0 Å². The van der Waals surface area contributed by atoms with Gasteiger partial charge in [0.25, 0.3) is 0 Å². The number of hydrogen-bond acceptors (Lipinski definition) is 5. The van der Waals surface area contributed by atoms with E-state index in [-0.39, 0.29) is 0 Å². The third-order valence-electron chi connectivity index (χ3n) is 2.77. The van der Waals surface area contributed by atoms with Crippen molar-refractivity contribution in [2.45, 2.75) is 26.9 Å². The van der Waals surface area contributed by atoms with Crippen molar-refractivity contribution in [3.8, 4) is 0 Å². The zero-order valence-corrected chi connectivity index (χ0v) is 12.2. The monoisotopic (exact) mass is 262 g/mol. The van der Waals surface area contributed by atoms with Crippen LogP contribution in [0.15, 0.2) is 0 Å². The van der Waals surface area contributed by atoms with E-state index in [0.717, 1.165) is 26.2 Å². The number of rotatable bonds is 13.